The molecule has 1 fully saturated rings. The maximum atomic E-state index is 11.3. The maximum Gasteiger partial charge on any atom is 0.311 e. The van der Waals surface area contributed by atoms with Crippen molar-refractivity contribution >= 4 is 16.0 Å². The number of primary sulfonamides is 1. The lowest BCUT2D eigenvalue weighted by molar-refractivity contribution is -0.150. The molecule has 17 heavy (non-hydrogen) atoms. The lowest BCUT2D eigenvalue weighted by Gasteiger charge is -2.28. The van der Waals surface area contributed by atoms with E-state index in [-0.39, 0.29) is 11.7 Å². The summed E-state index contributed by atoms with van der Waals surface area (Å²) in [5.74, 6) is -0.897. The molecule has 0 aromatic rings. The number of likely N-dealkylation sites (tertiary alicyclic amines) is 1. The van der Waals surface area contributed by atoms with Crippen molar-refractivity contribution in [3.05, 3.63) is 0 Å². The Morgan fingerprint density at radius 2 is 2.12 bits per heavy atom. The first-order valence-corrected chi connectivity index (χ1v) is 7.35. The van der Waals surface area contributed by atoms with Crippen LogP contribution in [0, 0.1) is 11.3 Å². The van der Waals surface area contributed by atoms with Gasteiger partial charge in [0.15, 0.2) is 0 Å². The molecule has 0 radical (unpaired) electrons. The number of rotatable bonds is 5. The van der Waals surface area contributed by atoms with E-state index in [1.165, 1.54) is 0 Å². The molecule has 1 unspecified atom stereocenters. The summed E-state index contributed by atoms with van der Waals surface area (Å²) in [6.07, 6.45) is 0.560. The van der Waals surface area contributed by atoms with E-state index in [1.807, 2.05) is 18.7 Å². The Bertz CT molecular complexity index is 393. The van der Waals surface area contributed by atoms with Crippen LogP contribution in [0.3, 0.4) is 0 Å². The van der Waals surface area contributed by atoms with E-state index in [0.29, 0.717) is 26.1 Å². The SMILES string of the molecule is CC(C)C1(C(=O)O)CCN(CCS(N)(=O)=O)C1. The third-order valence-corrected chi connectivity index (χ3v) is 4.35. The molecule has 1 heterocycles. The second-order valence-corrected chi connectivity index (χ2v) is 6.74. The van der Waals surface area contributed by atoms with Crippen LogP contribution in [-0.4, -0.2) is 49.8 Å². The quantitative estimate of drug-likeness (QED) is 0.710. The largest absolute Gasteiger partial charge is 0.481 e. The predicted molar refractivity (Wildman–Crippen MR) is 63.9 cm³/mol. The zero-order chi connectivity index (χ0) is 13.3. The molecule has 0 saturated carbocycles. The molecular weight excluding hydrogens is 244 g/mol. The molecule has 1 saturated heterocycles. The van der Waals surface area contributed by atoms with Crippen LogP contribution < -0.4 is 5.14 Å². The summed E-state index contributed by atoms with van der Waals surface area (Å²) in [6, 6.07) is 0. The second kappa shape index (κ2) is 4.91. The summed E-state index contributed by atoms with van der Waals surface area (Å²) in [7, 11) is -3.48. The molecule has 0 spiro atoms. The number of carboxylic acid groups (broad SMARTS) is 1. The lowest BCUT2D eigenvalue weighted by atomic mass is 9.76. The number of carbonyl (C=O) groups is 1. The Kier molecular flexibility index (Phi) is 4.16. The van der Waals surface area contributed by atoms with Gasteiger partial charge >= 0.3 is 5.97 Å². The molecule has 3 N–H and O–H groups in total. The molecule has 0 aliphatic carbocycles. The Balaban J connectivity index is 2.65. The molecule has 0 bridgehead atoms. The Morgan fingerprint density at radius 1 is 1.53 bits per heavy atom. The first kappa shape index (κ1) is 14.4. The normalized spacial score (nSPS) is 26.6. The molecule has 100 valence electrons. The Hall–Kier alpha value is -0.660. The highest BCUT2D eigenvalue weighted by Crippen LogP contribution is 2.37. The van der Waals surface area contributed by atoms with Crippen LogP contribution in [0.15, 0.2) is 0 Å². The fourth-order valence-corrected chi connectivity index (χ4v) is 2.77. The molecule has 1 aliphatic rings. The third kappa shape index (κ3) is 3.40. The minimum atomic E-state index is -3.48. The van der Waals surface area contributed by atoms with Gasteiger partial charge in [0.2, 0.25) is 10.0 Å². The monoisotopic (exact) mass is 264 g/mol. The average molecular weight is 264 g/mol. The Morgan fingerprint density at radius 3 is 2.47 bits per heavy atom. The molecule has 1 atom stereocenters. The molecule has 0 aromatic heterocycles. The summed E-state index contributed by atoms with van der Waals surface area (Å²) in [4.78, 5) is 13.2. The molecule has 7 heteroatoms. The second-order valence-electron chi connectivity index (χ2n) is 5.01. The van der Waals surface area contributed by atoms with Gasteiger partial charge in [0, 0.05) is 13.1 Å². The van der Waals surface area contributed by atoms with Gasteiger partial charge in [-0.1, -0.05) is 13.8 Å². The molecule has 1 rings (SSSR count). The summed E-state index contributed by atoms with van der Waals surface area (Å²) in [5, 5.41) is 14.2. The van der Waals surface area contributed by atoms with Gasteiger partial charge in [-0.2, -0.15) is 0 Å². The van der Waals surface area contributed by atoms with Crippen LogP contribution in [-0.2, 0) is 14.8 Å². The van der Waals surface area contributed by atoms with E-state index >= 15 is 0 Å². The zero-order valence-corrected chi connectivity index (χ0v) is 11.0. The number of sulfonamides is 1. The summed E-state index contributed by atoms with van der Waals surface area (Å²) < 4.78 is 21.7. The molecular formula is C10H20N2O4S. The van der Waals surface area contributed by atoms with Crippen molar-refractivity contribution in [2.45, 2.75) is 20.3 Å². The van der Waals surface area contributed by atoms with Gasteiger partial charge < -0.3 is 10.0 Å². The van der Waals surface area contributed by atoms with Gasteiger partial charge in [-0.3, -0.25) is 4.79 Å². The fourth-order valence-electron chi connectivity index (χ4n) is 2.25. The highest BCUT2D eigenvalue weighted by molar-refractivity contribution is 7.89. The number of aliphatic carboxylic acids is 1. The van der Waals surface area contributed by atoms with Crippen molar-refractivity contribution in [3.8, 4) is 0 Å². The van der Waals surface area contributed by atoms with Gasteiger partial charge in [-0.25, -0.2) is 13.6 Å². The number of hydrogen-bond acceptors (Lipinski definition) is 4. The topological polar surface area (TPSA) is 101 Å². The number of nitrogens with two attached hydrogens (primary N) is 1. The smallest absolute Gasteiger partial charge is 0.311 e. The van der Waals surface area contributed by atoms with E-state index in [0.717, 1.165) is 0 Å². The standard InChI is InChI=1S/C10H20N2O4S/c1-8(2)10(9(13)14)3-4-12(7-10)5-6-17(11,15)16/h8H,3-7H2,1-2H3,(H,13,14)(H2,11,15,16). The van der Waals surface area contributed by atoms with Gasteiger partial charge in [0.05, 0.1) is 11.2 Å². The average Bonchev–Trinajstić information content (AvgIpc) is 2.58. The third-order valence-electron chi connectivity index (χ3n) is 3.60. The van der Waals surface area contributed by atoms with Crippen LogP contribution in [0.1, 0.15) is 20.3 Å². The molecule has 6 nitrogen and oxygen atoms in total. The molecule has 0 aromatic carbocycles. The highest BCUT2D eigenvalue weighted by atomic mass is 32.2. The van der Waals surface area contributed by atoms with E-state index in [4.69, 9.17) is 5.14 Å². The van der Waals surface area contributed by atoms with Crippen LogP contribution in [0.2, 0.25) is 0 Å². The minimum absolute atomic E-state index is 0.0273. The van der Waals surface area contributed by atoms with E-state index in [2.05, 4.69) is 0 Å². The van der Waals surface area contributed by atoms with Crippen molar-refractivity contribution < 1.29 is 18.3 Å². The van der Waals surface area contributed by atoms with Gasteiger partial charge in [-0.15, -0.1) is 0 Å². The van der Waals surface area contributed by atoms with Gasteiger partial charge in [0.25, 0.3) is 0 Å². The van der Waals surface area contributed by atoms with Crippen LogP contribution in [0.25, 0.3) is 0 Å². The maximum absolute atomic E-state index is 11.3. The van der Waals surface area contributed by atoms with E-state index < -0.39 is 21.4 Å². The fraction of sp³-hybridized carbons (Fsp3) is 0.900. The van der Waals surface area contributed by atoms with Crippen LogP contribution >= 0.6 is 0 Å². The van der Waals surface area contributed by atoms with E-state index in [9.17, 15) is 18.3 Å². The Labute approximate surface area is 102 Å². The summed E-state index contributed by atoms with van der Waals surface area (Å²) >= 11 is 0. The summed E-state index contributed by atoms with van der Waals surface area (Å²) in [5.41, 5.74) is -0.752. The zero-order valence-electron chi connectivity index (χ0n) is 10.2. The van der Waals surface area contributed by atoms with Crippen LogP contribution in [0.4, 0.5) is 0 Å². The van der Waals surface area contributed by atoms with Gasteiger partial charge in [0.1, 0.15) is 0 Å². The van der Waals surface area contributed by atoms with Crippen molar-refractivity contribution in [1.82, 2.24) is 4.90 Å². The lowest BCUT2D eigenvalue weighted by Crippen LogP contribution is -2.40. The summed E-state index contributed by atoms with van der Waals surface area (Å²) in [6.45, 7) is 5.09. The number of nitrogens with zero attached hydrogens (tertiary/aromatic N) is 1. The van der Waals surface area contributed by atoms with Gasteiger partial charge in [-0.05, 0) is 18.9 Å². The van der Waals surface area contributed by atoms with Crippen molar-refractivity contribution in [2.75, 3.05) is 25.4 Å². The highest BCUT2D eigenvalue weighted by Gasteiger charge is 2.47. The first-order chi connectivity index (χ1) is 7.67. The van der Waals surface area contributed by atoms with Crippen LogP contribution in [0.5, 0.6) is 0 Å². The first-order valence-electron chi connectivity index (χ1n) is 5.63. The van der Waals surface area contributed by atoms with E-state index in [1.54, 1.807) is 0 Å². The van der Waals surface area contributed by atoms with Crippen molar-refractivity contribution in [3.63, 3.8) is 0 Å². The number of hydrogen-bond donors (Lipinski definition) is 2. The molecule has 0 amide bonds. The minimum Gasteiger partial charge on any atom is -0.481 e. The van der Waals surface area contributed by atoms with Crippen molar-refractivity contribution in [2.24, 2.45) is 16.5 Å². The number of carboxylic acids is 1. The molecule has 1 aliphatic heterocycles. The van der Waals surface area contributed by atoms with Crippen molar-refractivity contribution in [1.29, 1.82) is 0 Å². The predicted octanol–water partition coefficient (Wildman–Crippen LogP) is -0.292.